The fourth-order valence-electron chi connectivity index (χ4n) is 1.47. The molecular weight excluding hydrogens is 263 g/mol. The van der Waals surface area contributed by atoms with E-state index in [2.05, 4.69) is 5.10 Å². The Kier molecular flexibility index (Phi) is 3.47. The summed E-state index contributed by atoms with van der Waals surface area (Å²) >= 11 is 13.6. The SMILES string of the molecule is CSc1cc(-c2ccc(Cl)cc2Cl)nn1C. The Morgan fingerprint density at radius 1 is 1.25 bits per heavy atom. The Bertz CT molecular complexity index is 523. The topological polar surface area (TPSA) is 17.8 Å². The minimum atomic E-state index is 0.623. The molecule has 0 amide bonds. The zero-order valence-corrected chi connectivity index (χ0v) is 11.2. The Hall–Kier alpha value is -0.640. The summed E-state index contributed by atoms with van der Waals surface area (Å²) in [5.41, 5.74) is 1.77. The molecule has 2 nitrogen and oxygen atoms in total. The number of aromatic nitrogens is 2. The van der Waals surface area contributed by atoms with Gasteiger partial charge in [0, 0.05) is 17.6 Å². The lowest BCUT2D eigenvalue weighted by atomic mass is 10.1. The first-order valence-corrected chi connectivity index (χ1v) is 6.63. The molecule has 0 aliphatic heterocycles. The van der Waals surface area contributed by atoms with E-state index >= 15 is 0 Å². The van der Waals surface area contributed by atoms with Crippen molar-refractivity contribution in [2.75, 3.05) is 6.26 Å². The van der Waals surface area contributed by atoms with E-state index < -0.39 is 0 Å². The molecule has 2 aromatic rings. The lowest BCUT2D eigenvalue weighted by molar-refractivity contribution is 0.702. The van der Waals surface area contributed by atoms with E-state index in [1.807, 2.05) is 36.2 Å². The fourth-order valence-corrected chi connectivity index (χ4v) is 2.51. The molecule has 0 spiro atoms. The third-order valence-electron chi connectivity index (χ3n) is 2.25. The Morgan fingerprint density at radius 2 is 2.00 bits per heavy atom. The van der Waals surface area contributed by atoms with Gasteiger partial charge < -0.3 is 0 Å². The predicted octanol–water partition coefficient (Wildman–Crippen LogP) is 4.12. The van der Waals surface area contributed by atoms with Gasteiger partial charge in [-0.1, -0.05) is 23.2 Å². The molecule has 0 fully saturated rings. The lowest BCUT2D eigenvalue weighted by Crippen LogP contribution is -1.91. The highest BCUT2D eigenvalue weighted by Gasteiger charge is 2.09. The van der Waals surface area contributed by atoms with Crippen LogP contribution in [0.2, 0.25) is 10.0 Å². The Morgan fingerprint density at radius 3 is 2.56 bits per heavy atom. The summed E-state index contributed by atoms with van der Waals surface area (Å²) in [5.74, 6) is 0. The van der Waals surface area contributed by atoms with Gasteiger partial charge >= 0.3 is 0 Å². The molecule has 0 saturated carbocycles. The number of hydrogen-bond donors (Lipinski definition) is 0. The van der Waals surface area contributed by atoms with E-state index in [0.29, 0.717) is 10.0 Å². The molecule has 0 aliphatic carbocycles. The summed E-state index contributed by atoms with van der Waals surface area (Å²) in [4.78, 5) is 0. The molecule has 0 radical (unpaired) electrons. The monoisotopic (exact) mass is 272 g/mol. The van der Waals surface area contributed by atoms with Crippen molar-refractivity contribution >= 4 is 35.0 Å². The minimum Gasteiger partial charge on any atom is -0.262 e. The molecule has 0 N–H and O–H groups in total. The van der Waals surface area contributed by atoms with Gasteiger partial charge in [-0.25, -0.2) is 0 Å². The summed E-state index contributed by atoms with van der Waals surface area (Å²) in [6.45, 7) is 0. The van der Waals surface area contributed by atoms with E-state index in [1.54, 1.807) is 17.8 Å². The van der Waals surface area contributed by atoms with Crippen LogP contribution in [0, 0.1) is 0 Å². The summed E-state index contributed by atoms with van der Waals surface area (Å²) in [6.07, 6.45) is 2.02. The van der Waals surface area contributed by atoms with Crippen molar-refractivity contribution in [1.82, 2.24) is 9.78 Å². The van der Waals surface area contributed by atoms with Crippen LogP contribution in [0.15, 0.2) is 29.3 Å². The van der Waals surface area contributed by atoms with E-state index in [0.717, 1.165) is 16.3 Å². The summed E-state index contributed by atoms with van der Waals surface area (Å²) < 4.78 is 1.84. The zero-order chi connectivity index (χ0) is 11.7. The van der Waals surface area contributed by atoms with Crippen molar-refractivity contribution in [2.24, 2.45) is 7.05 Å². The molecule has 5 heteroatoms. The van der Waals surface area contributed by atoms with Gasteiger partial charge in [-0.05, 0) is 30.5 Å². The van der Waals surface area contributed by atoms with E-state index in [-0.39, 0.29) is 0 Å². The maximum absolute atomic E-state index is 6.13. The number of nitrogens with zero attached hydrogens (tertiary/aromatic N) is 2. The van der Waals surface area contributed by atoms with Gasteiger partial charge in [0.2, 0.25) is 0 Å². The molecule has 1 heterocycles. The molecule has 0 unspecified atom stereocenters. The van der Waals surface area contributed by atoms with Gasteiger partial charge in [0.25, 0.3) is 0 Å². The highest BCUT2D eigenvalue weighted by Crippen LogP contribution is 2.31. The molecule has 1 aromatic carbocycles. The van der Waals surface area contributed by atoms with Crippen LogP contribution >= 0.6 is 35.0 Å². The van der Waals surface area contributed by atoms with Crippen molar-refractivity contribution in [3.63, 3.8) is 0 Å². The smallest absolute Gasteiger partial charge is 0.0949 e. The molecule has 84 valence electrons. The van der Waals surface area contributed by atoms with Crippen LogP contribution in [-0.2, 0) is 7.05 Å². The fraction of sp³-hybridized carbons (Fsp3) is 0.182. The third kappa shape index (κ3) is 2.21. The maximum Gasteiger partial charge on any atom is 0.0949 e. The minimum absolute atomic E-state index is 0.623. The number of rotatable bonds is 2. The summed E-state index contributed by atoms with van der Waals surface area (Å²) in [5, 5.41) is 6.77. The van der Waals surface area contributed by atoms with Crippen LogP contribution in [0.4, 0.5) is 0 Å². The average molecular weight is 273 g/mol. The quantitative estimate of drug-likeness (QED) is 0.766. The van der Waals surface area contributed by atoms with Crippen LogP contribution in [0.3, 0.4) is 0 Å². The molecular formula is C11H10Cl2N2S. The van der Waals surface area contributed by atoms with E-state index in [4.69, 9.17) is 23.2 Å². The van der Waals surface area contributed by atoms with Crippen molar-refractivity contribution < 1.29 is 0 Å². The Labute approximate surface area is 109 Å². The van der Waals surface area contributed by atoms with Gasteiger partial charge in [0.1, 0.15) is 0 Å². The third-order valence-corrected chi connectivity index (χ3v) is 3.60. The van der Waals surface area contributed by atoms with Gasteiger partial charge in [-0.3, -0.25) is 4.68 Å². The maximum atomic E-state index is 6.13. The molecule has 2 rings (SSSR count). The summed E-state index contributed by atoms with van der Waals surface area (Å²) in [7, 11) is 1.92. The highest BCUT2D eigenvalue weighted by molar-refractivity contribution is 7.98. The van der Waals surface area contributed by atoms with Crippen LogP contribution < -0.4 is 0 Å². The van der Waals surface area contributed by atoms with E-state index in [1.165, 1.54) is 0 Å². The first-order valence-electron chi connectivity index (χ1n) is 4.65. The molecule has 0 atom stereocenters. The van der Waals surface area contributed by atoms with Crippen molar-refractivity contribution in [3.05, 3.63) is 34.3 Å². The van der Waals surface area contributed by atoms with Crippen molar-refractivity contribution in [3.8, 4) is 11.3 Å². The number of thioether (sulfide) groups is 1. The van der Waals surface area contributed by atoms with E-state index in [9.17, 15) is 0 Å². The van der Waals surface area contributed by atoms with Crippen molar-refractivity contribution in [2.45, 2.75) is 5.03 Å². The second-order valence-corrected chi connectivity index (χ2v) is 4.99. The molecule has 0 bridgehead atoms. The molecule has 1 aromatic heterocycles. The van der Waals surface area contributed by atoms with Gasteiger partial charge in [0.05, 0.1) is 15.7 Å². The number of hydrogen-bond acceptors (Lipinski definition) is 2. The number of aryl methyl sites for hydroxylation is 1. The molecule has 16 heavy (non-hydrogen) atoms. The zero-order valence-electron chi connectivity index (χ0n) is 8.87. The van der Waals surface area contributed by atoms with Crippen LogP contribution in [0.5, 0.6) is 0 Å². The molecule has 0 aliphatic rings. The highest BCUT2D eigenvalue weighted by atomic mass is 35.5. The normalized spacial score (nSPS) is 10.8. The standard InChI is InChI=1S/C11H10Cl2N2S/c1-15-11(16-2)6-10(14-15)8-4-3-7(12)5-9(8)13/h3-6H,1-2H3. The average Bonchev–Trinajstić information content (AvgIpc) is 2.59. The van der Waals surface area contributed by atoms with Crippen molar-refractivity contribution in [1.29, 1.82) is 0 Å². The van der Waals surface area contributed by atoms with Crippen LogP contribution in [0.1, 0.15) is 0 Å². The second kappa shape index (κ2) is 4.70. The van der Waals surface area contributed by atoms with Gasteiger partial charge in [-0.15, -0.1) is 11.8 Å². The predicted molar refractivity (Wildman–Crippen MR) is 70.4 cm³/mol. The second-order valence-electron chi connectivity index (χ2n) is 3.32. The van der Waals surface area contributed by atoms with Gasteiger partial charge in [0.15, 0.2) is 0 Å². The first kappa shape index (κ1) is 11.8. The van der Waals surface area contributed by atoms with Crippen LogP contribution in [0.25, 0.3) is 11.3 Å². The Balaban J connectivity index is 2.50. The number of halogens is 2. The summed E-state index contributed by atoms with van der Waals surface area (Å²) in [6, 6.07) is 7.44. The van der Waals surface area contributed by atoms with Gasteiger partial charge in [-0.2, -0.15) is 5.10 Å². The van der Waals surface area contributed by atoms with Crippen LogP contribution in [-0.4, -0.2) is 16.0 Å². The lowest BCUT2D eigenvalue weighted by Gasteiger charge is -2.00. The number of benzene rings is 1. The first-order chi connectivity index (χ1) is 7.61. The largest absolute Gasteiger partial charge is 0.262 e. The molecule has 0 saturated heterocycles.